The van der Waals surface area contributed by atoms with E-state index in [4.69, 9.17) is 39.6 Å². The number of halogens is 3. The van der Waals surface area contributed by atoms with Crippen LogP contribution in [0.4, 0.5) is 5.69 Å². The van der Waals surface area contributed by atoms with Gasteiger partial charge in [0.25, 0.3) is 9.05 Å². The molecule has 2 aromatic carbocycles. The third kappa shape index (κ3) is 5.75. The Morgan fingerprint density at radius 3 is 1.76 bits per heavy atom. The molecule has 7 heteroatoms. The van der Waals surface area contributed by atoms with E-state index in [-0.39, 0.29) is 9.92 Å². The molecule has 0 bridgehead atoms. The molecule has 0 saturated heterocycles. The maximum atomic E-state index is 10.9. The molecule has 2 N–H and O–H groups in total. The highest BCUT2D eigenvalue weighted by Crippen LogP contribution is 2.25. The molecule has 0 heterocycles. The molecule has 0 atom stereocenters. The van der Waals surface area contributed by atoms with E-state index >= 15 is 0 Å². The van der Waals surface area contributed by atoms with Crippen LogP contribution in [0, 0.1) is 13.8 Å². The standard InChI is InChI=1S/C7H6Cl2O2S.C7H8ClN/c1-5-2-3-6(8)7(4-5)12(9,10)11;1-5-2-3-6(8)7(9)4-5/h2-4H,1H3;2-4H,9H2,1H3. The van der Waals surface area contributed by atoms with Crippen molar-refractivity contribution in [1.82, 2.24) is 0 Å². The number of hydrogen-bond donors (Lipinski definition) is 1. The molecular formula is C14H14Cl3NO2S. The zero-order chi connectivity index (χ0) is 16.2. The quantitative estimate of drug-likeness (QED) is 0.582. The first-order chi connectivity index (χ1) is 9.61. The molecule has 3 nitrogen and oxygen atoms in total. The second-order valence-electron chi connectivity index (χ2n) is 4.40. The van der Waals surface area contributed by atoms with E-state index in [1.807, 2.05) is 19.1 Å². The lowest BCUT2D eigenvalue weighted by Gasteiger charge is -2.00. The fraction of sp³-hybridized carbons (Fsp3) is 0.143. The van der Waals surface area contributed by atoms with Crippen LogP contribution in [-0.4, -0.2) is 8.42 Å². The Bertz CT molecular complexity index is 746. The average molecular weight is 367 g/mol. The Labute approximate surface area is 139 Å². The van der Waals surface area contributed by atoms with Crippen LogP contribution in [0.25, 0.3) is 0 Å². The summed E-state index contributed by atoms with van der Waals surface area (Å²) in [6, 6.07) is 10.2. The number of anilines is 1. The van der Waals surface area contributed by atoms with Gasteiger partial charge >= 0.3 is 0 Å². The van der Waals surface area contributed by atoms with Crippen LogP contribution in [0.2, 0.25) is 10.0 Å². The van der Waals surface area contributed by atoms with Gasteiger partial charge in [-0.05, 0) is 49.2 Å². The number of benzene rings is 2. The first kappa shape index (κ1) is 18.1. The summed E-state index contributed by atoms with van der Waals surface area (Å²) in [5.74, 6) is 0. The van der Waals surface area contributed by atoms with Gasteiger partial charge < -0.3 is 5.73 Å². The molecular weight excluding hydrogens is 353 g/mol. The monoisotopic (exact) mass is 365 g/mol. The number of hydrogen-bond acceptors (Lipinski definition) is 3. The van der Waals surface area contributed by atoms with Crippen LogP contribution in [0.1, 0.15) is 11.1 Å². The van der Waals surface area contributed by atoms with Crippen molar-refractivity contribution >= 4 is 48.6 Å². The van der Waals surface area contributed by atoms with E-state index in [0.717, 1.165) is 11.1 Å². The van der Waals surface area contributed by atoms with Crippen LogP contribution in [0.5, 0.6) is 0 Å². The Hall–Kier alpha value is -0.940. The van der Waals surface area contributed by atoms with Gasteiger partial charge in [-0.1, -0.05) is 35.3 Å². The fourth-order valence-corrected chi connectivity index (χ4v) is 3.13. The number of nitrogen functional groups attached to an aromatic ring is 1. The summed E-state index contributed by atoms with van der Waals surface area (Å²) in [7, 11) is 1.41. The largest absolute Gasteiger partial charge is 0.398 e. The molecule has 0 aliphatic rings. The minimum Gasteiger partial charge on any atom is -0.398 e. The average Bonchev–Trinajstić information content (AvgIpc) is 2.37. The highest BCUT2D eigenvalue weighted by Gasteiger charge is 2.13. The van der Waals surface area contributed by atoms with E-state index < -0.39 is 9.05 Å². The predicted octanol–water partition coefficient (Wildman–Crippen LogP) is 4.81. The summed E-state index contributed by atoms with van der Waals surface area (Å²) in [5, 5.41) is 0.774. The van der Waals surface area contributed by atoms with Gasteiger partial charge in [0.05, 0.1) is 15.7 Å². The van der Waals surface area contributed by atoms with Gasteiger partial charge in [-0.25, -0.2) is 8.42 Å². The molecule has 21 heavy (non-hydrogen) atoms. The van der Waals surface area contributed by atoms with E-state index in [1.165, 1.54) is 12.1 Å². The third-order valence-corrected chi connectivity index (χ3v) is 4.65. The minimum absolute atomic E-state index is 0.0363. The zero-order valence-corrected chi connectivity index (χ0v) is 14.5. The van der Waals surface area contributed by atoms with Crippen LogP contribution in [0.3, 0.4) is 0 Å². The van der Waals surface area contributed by atoms with E-state index in [2.05, 4.69) is 0 Å². The molecule has 0 aromatic heterocycles. The summed E-state index contributed by atoms with van der Waals surface area (Å²) < 4.78 is 21.8. The second kappa shape index (κ2) is 7.36. The summed E-state index contributed by atoms with van der Waals surface area (Å²) in [6.07, 6.45) is 0. The van der Waals surface area contributed by atoms with Crippen molar-refractivity contribution in [2.75, 3.05) is 5.73 Å². The lowest BCUT2D eigenvalue weighted by molar-refractivity contribution is 0.609. The van der Waals surface area contributed by atoms with Crippen molar-refractivity contribution in [2.24, 2.45) is 0 Å². The smallest absolute Gasteiger partial charge is 0.262 e. The predicted molar refractivity (Wildman–Crippen MR) is 89.8 cm³/mol. The van der Waals surface area contributed by atoms with Crippen LogP contribution < -0.4 is 5.73 Å². The first-order valence-electron chi connectivity index (χ1n) is 5.83. The molecule has 2 aromatic rings. The van der Waals surface area contributed by atoms with Crippen molar-refractivity contribution in [1.29, 1.82) is 0 Å². The minimum atomic E-state index is -3.72. The molecule has 0 aliphatic carbocycles. The van der Waals surface area contributed by atoms with Crippen molar-refractivity contribution in [3.8, 4) is 0 Å². The van der Waals surface area contributed by atoms with Crippen LogP contribution in [0.15, 0.2) is 41.3 Å². The normalized spacial score (nSPS) is 10.7. The van der Waals surface area contributed by atoms with Crippen molar-refractivity contribution in [3.05, 3.63) is 57.6 Å². The maximum Gasteiger partial charge on any atom is 0.262 e. The third-order valence-electron chi connectivity index (χ3n) is 2.50. The van der Waals surface area contributed by atoms with Gasteiger partial charge in [0.1, 0.15) is 4.90 Å². The lowest BCUT2D eigenvalue weighted by Crippen LogP contribution is -1.92. The Kier molecular flexibility index (Phi) is 6.35. The number of aryl methyl sites for hydroxylation is 2. The molecule has 0 spiro atoms. The molecule has 114 valence electrons. The second-order valence-corrected chi connectivity index (χ2v) is 7.75. The molecule has 0 saturated carbocycles. The van der Waals surface area contributed by atoms with Crippen molar-refractivity contribution in [3.63, 3.8) is 0 Å². The van der Waals surface area contributed by atoms with Crippen LogP contribution in [-0.2, 0) is 9.05 Å². The molecule has 0 radical (unpaired) electrons. The summed E-state index contributed by atoms with van der Waals surface area (Å²) in [5.41, 5.74) is 8.08. The Balaban J connectivity index is 0.000000219. The van der Waals surface area contributed by atoms with E-state index in [0.29, 0.717) is 10.7 Å². The molecule has 2 rings (SSSR count). The molecule has 0 amide bonds. The van der Waals surface area contributed by atoms with Crippen LogP contribution >= 0.6 is 33.9 Å². The summed E-state index contributed by atoms with van der Waals surface area (Å²) >= 11 is 11.3. The fourth-order valence-electron chi connectivity index (χ4n) is 1.46. The highest BCUT2D eigenvalue weighted by molar-refractivity contribution is 8.13. The van der Waals surface area contributed by atoms with Gasteiger partial charge in [-0.15, -0.1) is 0 Å². The Morgan fingerprint density at radius 2 is 1.38 bits per heavy atom. The van der Waals surface area contributed by atoms with Crippen molar-refractivity contribution < 1.29 is 8.42 Å². The molecule has 0 fully saturated rings. The summed E-state index contributed by atoms with van der Waals surface area (Å²) in [4.78, 5) is -0.0363. The maximum absolute atomic E-state index is 10.9. The molecule has 0 aliphatic heterocycles. The Morgan fingerprint density at radius 1 is 0.905 bits per heavy atom. The number of rotatable bonds is 1. The van der Waals surface area contributed by atoms with Gasteiger partial charge in [0.2, 0.25) is 0 Å². The highest BCUT2D eigenvalue weighted by atomic mass is 35.7. The SMILES string of the molecule is Cc1ccc(Cl)c(N)c1.Cc1ccc(Cl)c(S(=O)(=O)Cl)c1. The lowest BCUT2D eigenvalue weighted by atomic mass is 10.2. The molecule has 0 unspecified atom stereocenters. The van der Waals surface area contributed by atoms with E-state index in [9.17, 15) is 8.42 Å². The zero-order valence-electron chi connectivity index (χ0n) is 11.4. The van der Waals surface area contributed by atoms with Gasteiger partial charge in [-0.3, -0.25) is 0 Å². The van der Waals surface area contributed by atoms with Gasteiger partial charge in [0.15, 0.2) is 0 Å². The number of nitrogens with two attached hydrogens (primary N) is 1. The van der Waals surface area contributed by atoms with Crippen molar-refractivity contribution in [2.45, 2.75) is 18.7 Å². The topological polar surface area (TPSA) is 60.2 Å². The first-order valence-corrected chi connectivity index (χ1v) is 8.90. The van der Waals surface area contributed by atoms with Gasteiger partial charge in [0, 0.05) is 10.7 Å². The van der Waals surface area contributed by atoms with Gasteiger partial charge in [-0.2, -0.15) is 0 Å². The van der Waals surface area contributed by atoms with E-state index in [1.54, 1.807) is 19.1 Å². The summed E-state index contributed by atoms with van der Waals surface area (Å²) in [6.45, 7) is 3.74.